The third-order valence-electron chi connectivity index (χ3n) is 2.43. The number of halogens is 1. The zero-order valence-corrected chi connectivity index (χ0v) is 11.3. The highest BCUT2D eigenvalue weighted by molar-refractivity contribution is 5.94. The molecule has 1 aromatic carbocycles. The summed E-state index contributed by atoms with van der Waals surface area (Å²) in [7, 11) is 1.79. The van der Waals surface area contributed by atoms with Gasteiger partial charge in [0.15, 0.2) is 0 Å². The molecule has 0 aromatic heterocycles. The Morgan fingerprint density at radius 3 is 2.47 bits per heavy atom. The predicted octanol–water partition coefficient (Wildman–Crippen LogP) is 2.46. The molecule has 0 bridgehead atoms. The first kappa shape index (κ1) is 15.9. The first-order valence-electron chi connectivity index (χ1n) is 5.79. The van der Waals surface area contributed by atoms with Gasteiger partial charge in [0.05, 0.1) is 6.54 Å². The molecular weight excluding hydrogens is 236 g/mol. The average Bonchev–Trinajstić information content (AvgIpc) is 2.31. The van der Waals surface area contributed by atoms with Crippen molar-refractivity contribution in [3.63, 3.8) is 0 Å². The van der Waals surface area contributed by atoms with Crippen LogP contribution in [0.2, 0.25) is 0 Å². The largest absolute Gasteiger partial charge is 0.311 e. The zero-order chi connectivity index (χ0) is 11.8. The summed E-state index contributed by atoms with van der Waals surface area (Å²) >= 11 is 0. The molecule has 1 rings (SSSR count). The van der Waals surface area contributed by atoms with Crippen molar-refractivity contribution in [3.8, 4) is 0 Å². The van der Waals surface area contributed by atoms with Gasteiger partial charge in [-0.2, -0.15) is 0 Å². The van der Waals surface area contributed by atoms with Crippen molar-refractivity contribution in [3.05, 3.63) is 30.3 Å². The van der Waals surface area contributed by atoms with Crippen LogP contribution in [0.4, 0.5) is 5.69 Å². The molecule has 96 valence electrons. The number of rotatable bonds is 6. The lowest BCUT2D eigenvalue weighted by Gasteiger charge is -2.22. The molecule has 17 heavy (non-hydrogen) atoms. The summed E-state index contributed by atoms with van der Waals surface area (Å²) < 4.78 is 0. The Labute approximate surface area is 110 Å². The summed E-state index contributed by atoms with van der Waals surface area (Å²) in [6.45, 7) is 3.31. The van der Waals surface area contributed by atoms with Crippen molar-refractivity contribution < 1.29 is 4.79 Å². The number of benzene rings is 1. The smallest absolute Gasteiger partial charge is 0.240 e. The molecule has 0 heterocycles. The van der Waals surface area contributed by atoms with Gasteiger partial charge in [-0.25, -0.2) is 0 Å². The van der Waals surface area contributed by atoms with Gasteiger partial charge in [0, 0.05) is 12.2 Å². The molecule has 1 aromatic rings. The van der Waals surface area contributed by atoms with Crippen LogP contribution in [0.3, 0.4) is 0 Å². The second-order valence-electron chi connectivity index (χ2n) is 3.76. The van der Waals surface area contributed by atoms with Crippen molar-refractivity contribution in [1.29, 1.82) is 0 Å². The Morgan fingerprint density at radius 2 is 1.94 bits per heavy atom. The number of para-hydroxylation sites is 1. The molecule has 0 radical (unpaired) electrons. The Hall–Kier alpha value is -1.06. The number of hydrogen-bond acceptors (Lipinski definition) is 2. The maximum Gasteiger partial charge on any atom is 0.240 e. The first-order valence-corrected chi connectivity index (χ1v) is 5.79. The minimum atomic E-state index is 0. The summed E-state index contributed by atoms with van der Waals surface area (Å²) in [6.07, 6.45) is 2.13. The number of nitrogens with zero attached hydrogens (tertiary/aromatic N) is 1. The number of likely N-dealkylation sites (N-methyl/N-ethyl adjacent to an activating group) is 1. The van der Waals surface area contributed by atoms with E-state index in [1.54, 1.807) is 7.05 Å². The van der Waals surface area contributed by atoms with Gasteiger partial charge in [-0.05, 0) is 25.6 Å². The molecule has 0 saturated heterocycles. The number of hydrogen-bond donors (Lipinski definition) is 1. The molecule has 0 aliphatic heterocycles. The van der Waals surface area contributed by atoms with Crippen molar-refractivity contribution in [1.82, 2.24) is 5.32 Å². The van der Waals surface area contributed by atoms with E-state index < -0.39 is 0 Å². The SMILES string of the molecule is CCCCN(C(=O)CNC)c1ccccc1.Cl. The van der Waals surface area contributed by atoms with E-state index in [0.717, 1.165) is 25.1 Å². The molecule has 0 unspecified atom stereocenters. The molecular formula is C13H21ClN2O. The summed E-state index contributed by atoms with van der Waals surface area (Å²) in [5, 5.41) is 2.90. The topological polar surface area (TPSA) is 32.3 Å². The molecule has 0 saturated carbocycles. The van der Waals surface area contributed by atoms with Crippen molar-refractivity contribution in [2.24, 2.45) is 0 Å². The highest BCUT2D eigenvalue weighted by atomic mass is 35.5. The Balaban J connectivity index is 0.00000256. The van der Waals surface area contributed by atoms with Gasteiger partial charge in [-0.1, -0.05) is 31.5 Å². The third-order valence-corrected chi connectivity index (χ3v) is 2.43. The van der Waals surface area contributed by atoms with Crippen molar-refractivity contribution in [2.75, 3.05) is 25.0 Å². The summed E-state index contributed by atoms with van der Waals surface area (Å²) in [6, 6.07) is 9.83. The minimum absolute atomic E-state index is 0. The molecule has 0 spiro atoms. The Kier molecular flexibility index (Phi) is 8.46. The number of anilines is 1. The number of amides is 1. The fourth-order valence-corrected chi connectivity index (χ4v) is 1.57. The Bertz CT molecular complexity index is 316. The summed E-state index contributed by atoms with van der Waals surface area (Å²) in [4.78, 5) is 13.8. The number of unbranched alkanes of at least 4 members (excludes halogenated alkanes) is 1. The van der Waals surface area contributed by atoms with Crippen LogP contribution >= 0.6 is 12.4 Å². The van der Waals surface area contributed by atoms with Crippen LogP contribution in [0, 0.1) is 0 Å². The van der Waals surface area contributed by atoms with E-state index >= 15 is 0 Å². The lowest BCUT2D eigenvalue weighted by molar-refractivity contribution is -0.117. The standard InChI is InChI=1S/C13H20N2O.ClH/c1-3-4-10-15(13(16)11-14-2)12-8-6-5-7-9-12;/h5-9,14H,3-4,10-11H2,1-2H3;1H. The number of nitrogens with one attached hydrogen (secondary N) is 1. The van der Waals surface area contributed by atoms with E-state index in [-0.39, 0.29) is 18.3 Å². The van der Waals surface area contributed by atoms with Gasteiger partial charge in [-0.3, -0.25) is 4.79 Å². The molecule has 4 heteroatoms. The molecule has 0 aliphatic rings. The van der Waals surface area contributed by atoms with Gasteiger partial charge in [0.1, 0.15) is 0 Å². The lowest BCUT2D eigenvalue weighted by Crippen LogP contribution is -2.37. The van der Waals surface area contributed by atoms with Crippen LogP contribution in [0.25, 0.3) is 0 Å². The average molecular weight is 257 g/mol. The maximum absolute atomic E-state index is 11.9. The van der Waals surface area contributed by atoms with E-state index in [9.17, 15) is 4.79 Å². The van der Waals surface area contributed by atoms with Gasteiger partial charge >= 0.3 is 0 Å². The van der Waals surface area contributed by atoms with E-state index in [0.29, 0.717) is 6.54 Å². The van der Waals surface area contributed by atoms with Gasteiger partial charge in [-0.15, -0.1) is 12.4 Å². The zero-order valence-electron chi connectivity index (χ0n) is 10.5. The van der Waals surface area contributed by atoms with Gasteiger partial charge < -0.3 is 10.2 Å². The lowest BCUT2D eigenvalue weighted by atomic mass is 10.2. The van der Waals surface area contributed by atoms with Crippen LogP contribution < -0.4 is 10.2 Å². The maximum atomic E-state index is 11.9. The van der Waals surface area contributed by atoms with Crippen LogP contribution in [-0.4, -0.2) is 26.0 Å². The second-order valence-corrected chi connectivity index (χ2v) is 3.76. The van der Waals surface area contributed by atoms with Gasteiger partial charge in [0.2, 0.25) is 5.91 Å². The molecule has 1 N–H and O–H groups in total. The fraction of sp³-hybridized carbons (Fsp3) is 0.462. The van der Waals surface area contributed by atoms with E-state index in [1.807, 2.05) is 35.2 Å². The molecule has 3 nitrogen and oxygen atoms in total. The second kappa shape index (κ2) is 9.02. The quantitative estimate of drug-likeness (QED) is 0.848. The summed E-state index contributed by atoms with van der Waals surface area (Å²) in [5.74, 6) is 0.127. The van der Waals surface area contributed by atoms with Crippen LogP contribution in [0.15, 0.2) is 30.3 Å². The normalized spacial score (nSPS) is 9.53. The minimum Gasteiger partial charge on any atom is -0.311 e. The molecule has 0 aliphatic carbocycles. The predicted molar refractivity (Wildman–Crippen MR) is 74.9 cm³/mol. The van der Waals surface area contributed by atoms with Crippen molar-refractivity contribution in [2.45, 2.75) is 19.8 Å². The summed E-state index contributed by atoms with van der Waals surface area (Å²) in [5.41, 5.74) is 0.983. The highest BCUT2D eigenvalue weighted by Gasteiger charge is 2.13. The molecule has 0 fully saturated rings. The highest BCUT2D eigenvalue weighted by Crippen LogP contribution is 2.14. The first-order chi connectivity index (χ1) is 7.79. The molecule has 1 amide bonds. The fourth-order valence-electron chi connectivity index (χ4n) is 1.57. The van der Waals surface area contributed by atoms with Crippen LogP contribution in [0.1, 0.15) is 19.8 Å². The van der Waals surface area contributed by atoms with Crippen LogP contribution in [-0.2, 0) is 4.79 Å². The van der Waals surface area contributed by atoms with Gasteiger partial charge in [0.25, 0.3) is 0 Å². The third kappa shape index (κ3) is 5.20. The van der Waals surface area contributed by atoms with Crippen LogP contribution in [0.5, 0.6) is 0 Å². The van der Waals surface area contributed by atoms with E-state index in [2.05, 4.69) is 12.2 Å². The Morgan fingerprint density at radius 1 is 1.29 bits per heavy atom. The number of carbonyl (C=O) groups excluding carboxylic acids is 1. The number of carbonyl (C=O) groups is 1. The van der Waals surface area contributed by atoms with Crippen molar-refractivity contribution >= 4 is 24.0 Å². The van der Waals surface area contributed by atoms with E-state index in [1.165, 1.54) is 0 Å². The monoisotopic (exact) mass is 256 g/mol. The van der Waals surface area contributed by atoms with E-state index in [4.69, 9.17) is 0 Å². The molecule has 0 atom stereocenters.